The van der Waals surface area contributed by atoms with Gasteiger partial charge in [-0.15, -0.1) is 0 Å². The number of fused-ring (bicyclic) bond motifs is 1. The minimum Gasteiger partial charge on any atom is -0.490 e. The number of guanidine groups is 1. The number of aromatic nitrogens is 1. The second-order valence-electron chi connectivity index (χ2n) is 7.33. The van der Waals surface area contributed by atoms with E-state index in [2.05, 4.69) is 20.4 Å². The zero-order chi connectivity index (χ0) is 21.7. The van der Waals surface area contributed by atoms with Crippen LogP contribution in [0.1, 0.15) is 17.7 Å². The summed E-state index contributed by atoms with van der Waals surface area (Å²) in [4.78, 5) is 6.43. The van der Waals surface area contributed by atoms with Crippen molar-refractivity contribution < 1.29 is 22.4 Å². The molecule has 1 saturated heterocycles. The maximum atomic E-state index is 12.6. The number of ether oxygens (including phenoxy) is 2. The summed E-state index contributed by atoms with van der Waals surface area (Å²) in [5.74, 6) is 2.10. The van der Waals surface area contributed by atoms with Crippen LogP contribution in [0.15, 0.2) is 40.0 Å². The standard InChI is InChI=1S/C20H27N5O5S/c1-21-20(22-14-16-4-2-5-18-19(16)29-12-3-11-28-18)24-7-9-25(10-8-24)31(26,27)15-17-6-13-30-23-17/h2,4-6,13H,3,7-12,14-15H2,1H3,(H,21,22). The van der Waals surface area contributed by atoms with E-state index in [9.17, 15) is 8.42 Å². The summed E-state index contributed by atoms with van der Waals surface area (Å²) in [6.07, 6.45) is 2.23. The summed E-state index contributed by atoms with van der Waals surface area (Å²) in [6, 6.07) is 7.43. The predicted octanol–water partition coefficient (Wildman–Crippen LogP) is 1.06. The first kappa shape index (κ1) is 21.4. The summed E-state index contributed by atoms with van der Waals surface area (Å²) in [5.41, 5.74) is 1.41. The largest absolute Gasteiger partial charge is 0.490 e. The molecule has 0 amide bonds. The van der Waals surface area contributed by atoms with Crippen molar-refractivity contribution in [2.75, 3.05) is 46.4 Å². The van der Waals surface area contributed by atoms with Crippen LogP contribution in [0.4, 0.5) is 0 Å². The Morgan fingerprint density at radius 3 is 2.71 bits per heavy atom. The van der Waals surface area contributed by atoms with Gasteiger partial charge >= 0.3 is 0 Å². The van der Waals surface area contributed by atoms with Gasteiger partial charge in [-0.25, -0.2) is 8.42 Å². The van der Waals surface area contributed by atoms with Crippen molar-refractivity contribution in [2.45, 2.75) is 18.7 Å². The lowest BCUT2D eigenvalue weighted by Gasteiger charge is -2.35. The molecule has 0 atom stereocenters. The molecule has 1 N–H and O–H groups in total. The number of hydrogen-bond acceptors (Lipinski definition) is 7. The highest BCUT2D eigenvalue weighted by Crippen LogP contribution is 2.33. The molecule has 0 bridgehead atoms. The molecule has 168 valence electrons. The average molecular weight is 450 g/mol. The SMILES string of the molecule is CN=C(NCc1cccc2c1OCCCO2)N1CCN(S(=O)(=O)Cc2ccon2)CC1. The van der Waals surface area contributed by atoms with Gasteiger partial charge in [-0.05, 0) is 6.07 Å². The van der Waals surface area contributed by atoms with E-state index < -0.39 is 10.0 Å². The molecule has 0 spiro atoms. The fourth-order valence-corrected chi connectivity index (χ4v) is 5.09. The number of piperazine rings is 1. The van der Waals surface area contributed by atoms with Gasteiger partial charge in [0.05, 0.1) is 18.9 Å². The fraction of sp³-hybridized carbons (Fsp3) is 0.500. The number of nitrogens with zero attached hydrogens (tertiary/aromatic N) is 4. The van der Waals surface area contributed by atoms with Crippen LogP contribution in [0, 0.1) is 0 Å². The average Bonchev–Trinajstić information content (AvgIpc) is 3.15. The minimum absolute atomic E-state index is 0.155. The molecule has 2 aliphatic heterocycles. The minimum atomic E-state index is -3.44. The van der Waals surface area contributed by atoms with Gasteiger partial charge in [0, 0.05) is 57.8 Å². The molecule has 0 aliphatic carbocycles. The first-order valence-electron chi connectivity index (χ1n) is 10.3. The third kappa shape index (κ3) is 5.10. The molecule has 2 aliphatic rings. The van der Waals surface area contributed by atoms with Crippen molar-refractivity contribution >= 4 is 16.0 Å². The molecule has 4 rings (SSSR count). The van der Waals surface area contributed by atoms with Gasteiger partial charge in [-0.2, -0.15) is 4.31 Å². The molecule has 0 unspecified atom stereocenters. The first-order chi connectivity index (χ1) is 15.1. The molecule has 1 aromatic heterocycles. The third-order valence-electron chi connectivity index (χ3n) is 5.25. The van der Waals surface area contributed by atoms with Gasteiger partial charge in [0.2, 0.25) is 10.0 Å². The zero-order valence-corrected chi connectivity index (χ0v) is 18.3. The fourth-order valence-electron chi connectivity index (χ4n) is 3.67. The lowest BCUT2D eigenvalue weighted by molar-refractivity contribution is 0.259. The summed E-state index contributed by atoms with van der Waals surface area (Å²) in [6.45, 7) is 3.67. The highest BCUT2D eigenvalue weighted by molar-refractivity contribution is 7.88. The van der Waals surface area contributed by atoms with Crippen molar-refractivity contribution in [1.29, 1.82) is 0 Å². The summed E-state index contributed by atoms with van der Waals surface area (Å²) in [5, 5.41) is 7.07. The van der Waals surface area contributed by atoms with Crippen molar-refractivity contribution in [2.24, 2.45) is 4.99 Å². The zero-order valence-electron chi connectivity index (χ0n) is 17.5. The topological polar surface area (TPSA) is 110 Å². The highest BCUT2D eigenvalue weighted by atomic mass is 32.2. The quantitative estimate of drug-likeness (QED) is 0.533. The van der Waals surface area contributed by atoms with Crippen LogP contribution in [0.3, 0.4) is 0 Å². The van der Waals surface area contributed by atoms with Crippen molar-refractivity contribution in [3.8, 4) is 11.5 Å². The summed E-state index contributed by atoms with van der Waals surface area (Å²) < 4.78 is 43.1. The maximum absolute atomic E-state index is 12.6. The van der Waals surface area contributed by atoms with Crippen molar-refractivity contribution in [3.05, 3.63) is 41.8 Å². The van der Waals surface area contributed by atoms with Crippen LogP contribution in [0.25, 0.3) is 0 Å². The van der Waals surface area contributed by atoms with Crippen molar-refractivity contribution in [3.63, 3.8) is 0 Å². The van der Waals surface area contributed by atoms with E-state index in [4.69, 9.17) is 14.0 Å². The molecular weight excluding hydrogens is 422 g/mol. The molecule has 0 saturated carbocycles. The molecule has 1 fully saturated rings. The smallest absolute Gasteiger partial charge is 0.220 e. The van der Waals surface area contributed by atoms with E-state index in [0.717, 1.165) is 29.4 Å². The molecule has 1 aromatic carbocycles. The van der Waals surface area contributed by atoms with Gasteiger partial charge in [0.25, 0.3) is 0 Å². The van der Waals surface area contributed by atoms with E-state index in [1.54, 1.807) is 13.1 Å². The maximum Gasteiger partial charge on any atom is 0.220 e. The second-order valence-corrected chi connectivity index (χ2v) is 9.30. The Labute approximate surface area is 181 Å². The number of rotatable bonds is 5. The van der Waals surface area contributed by atoms with E-state index >= 15 is 0 Å². The van der Waals surface area contributed by atoms with Gasteiger partial charge in [-0.3, -0.25) is 4.99 Å². The Morgan fingerprint density at radius 1 is 1.16 bits per heavy atom. The van der Waals surface area contributed by atoms with Crippen LogP contribution in [0.2, 0.25) is 0 Å². The highest BCUT2D eigenvalue weighted by Gasteiger charge is 2.29. The van der Waals surface area contributed by atoms with Gasteiger partial charge in [0.1, 0.15) is 12.0 Å². The Bertz CT molecular complexity index is 1000. The molecular formula is C20H27N5O5S. The molecule has 0 radical (unpaired) electrons. The molecule has 11 heteroatoms. The van der Waals surface area contributed by atoms with Crippen LogP contribution >= 0.6 is 0 Å². The number of nitrogens with one attached hydrogen (secondary N) is 1. The van der Waals surface area contributed by atoms with E-state index in [0.29, 0.717) is 51.6 Å². The van der Waals surface area contributed by atoms with Crippen LogP contribution < -0.4 is 14.8 Å². The monoisotopic (exact) mass is 449 g/mol. The van der Waals surface area contributed by atoms with E-state index in [1.807, 2.05) is 18.2 Å². The second kappa shape index (κ2) is 9.56. The van der Waals surface area contributed by atoms with Crippen molar-refractivity contribution in [1.82, 2.24) is 19.7 Å². The number of hydrogen-bond donors (Lipinski definition) is 1. The molecule has 3 heterocycles. The van der Waals surface area contributed by atoms with E-state index in [-0.39, 0.29) is 5.75 Å². The summed E-state index contributed by atoms with van der Waals surface area (Å²) >= 11 is 0. The Hall–Kier alpha value is -2.79. The Kier molecular flexibility index (Phi) is 6.62. The summed E-state index contributed by atoms with van der Waals surface area (Å²) in [7, 11) is -1.71. The van der Waals surface area contributed by atoms with Gasteiger partial charge < -0.3 is 24.2 Å². The first-order valence-corrected chi connectivity index (χ1v) is 11.9. The van der Waals surface area contributed by atoms with Crippen LogP contribution in [-0.4, -0.2) is 75.2 Å². The van der Waals surface area contributed by atoms with Gasteiger partial charge in [-0.1, -0.05) is 17.3 Å². The third-order valence-corrected chi connectivity index (χ3v) is 7.07. The Balaban J connectivity index is 1.34. The normalized spacial score (nSPS) is 18.0. The number of benzene rings is 1. The Morgan fingerprint density at radius 2 is 1.97 bits per heavy atom. The number of para-hydroxylation sites is 1. The predicted molar refractivity (Wildman–Crippen MR) is 115 cm³/mol. The molecule has 31 heavy (non-hydrogen) atoms. The lowest BCUT2D eigenvalue weighted by atomic mass is 10.2. The van der Waals surface area contributed by atoms with Gasteiger partial charge in [0.15, 0.2) is 17.5 Å². The number of sulfonamides is 1. The lowest BCUT2D eigenvalue weighted by Crippen LogP contribution is -2.53. The molecule has 2 aromatic rings. The number of aliphatic imine (C=N–C) groups is 1. The van der Waals surface area contributed by atoms with E-state index in [1.165, 1.54) is 10.6 Å². The van der Waals surface area contributed by atoms with Crippen LogP contribution in [0.5, 0.6) is 11.5 Å². The van der Waals surface area contributed by atoms with Crippen LogP contribution in [-0.2, 0) is 22.3 Å². The molecule has 10 nitrogen and oxygen atoms in total.